The summed E-state index contributed by atoms with van der Waals surface area (Å²) >= 11 is 0. The van der Waals surface area contributed by atoms with Gasteiger partial charge in [-0.15, -0.1) is 0 Å². The van der Waals surface area contributed by atoms with Crippen molar-refractivity contribution in [1.29, 1.82) is 0 Å². The second kappa shape index (κ2) is 5.35. The first-order chi connectivity index (χ1) is 7.79. The number of anilines is 1. The van der Waals surface area contributed by atoms with Gasteiger partial charge in [-0.3, -0.25) is 0 Å². The molecule has 0 bridgehead atoms. The van der Waals surface area contributed by atoms with Crippen LogP contribution in [0.2, 0.25) is 0 Å². The van der Waals surface area contributed by atoms with Crippen molar-refractivity contribution in [2.24, 2.45) is 5.92 Å². The first-order valence-electron chi connectivity index (χ1n) is 6.14. The molecular formula is C14H21NO. The number of fused-ring (bicyclic) bond motifs is 1. The molecule has 1 atom stereocenters. The van der Waals surface area contributed by atoms with Gasteiger partial charge in [-0.2, -0.15) is 0 Å². The number of ether oxygens (including phenoxy) is 1. The Morgan fingerprint density at radius 3 is 2.94 bits per heavy atom. The van der Waals surface area contributed by atoms with E-state index in [1.807, 2.05) is 0 Å². The van der Waals surface area contributed by atoms with Crippen LogP contribution in [0, 0.1) is 5.92 Å². The minimum absolute atomic E-state index is 0.554. The number of benzene rings is 1. The SMILES string of the molecule is COCC(C)CNc1ccc2c(c1)CCC2. The molecule has 0 spiro atoms. The van der Waals surface area contributed by atoms with Gasteiger partial charge in [0.2, 0.25) is 0 Å². The Balaban J connectivity index is 1.90. The maximum absolute atomic E-state index is 5.13. The fraction of sp³-hybridized carbons (Fsp3) is 0.571. The summed E-state index contributed by atoms with van der Waals surface area (Å²) in [6.45, 7) is 3.99. The van der Waals surface area contributed by atoms with Crippen molar-refractivity contribution in [2.45, 2.75) is 26.2 Å². The lowest BCUT2D eigenvalue weighted by Crippen LogP contribution is -2.15. The van der Waals surface area contributed by atoms with Gasteiger partial charge < -0.3 is 10.1 Å². The van der Waals surface area contributed by atoms with E-state index >= 15 is 0 Å². The summed E-state index contributed by atoms with van der Waals surface area (Å²) in [7, 11) is 1.76. The zero-order valence-electron chi connectivity index (χ0n) is 10.3. The maximum atomic E-state index is 5.13. The molecule has 1 aliphatic rings. The summed E-state index contributed by atoms with van der Waals surface area (Å²) < 4.78 is 5.13. The van der Waals surface area contributed by atoms with Crippen LogP contribution in [0.3, 0.4) is 0 Å². The van der Waals surface area contributed by atoms with Gasteiger partial charge in [0.15, 0.2) is 0 Å². The highest BCUT2D eigenvalue weighted by atomic mass is 16.5. The average molecular weight is 219 g/mol. The van der Waals surface area contributed by atoms with E-state index in [0.717, 1.165) is 13.2 Å². The van der Waals surface area contributed by atoms with Crippen molar-refractivity contribution in [2.75, 3.05) is 25.6 Å². The molecule has 0 saturated heterocycles. The van der Waals surface area contributed by atoms with Gasteiger partial charge in [-0.25, -0.2) is 0 Å². The Morgan fingerprint density at radius 2 is 2.12 bits per heavy atom. The number of hydrogen-bond donors (Lipinski definition) is 1. The van der Waals surface area contributed by atoms with Crippen molar-refractivity contribution in [3.63, 3.8) is 0 Å². The molecule has 0 aromatic heterocycles. The molecule has 1 aromatic carbocycles. The molecule has 2 nitrogen and oxygen atoms in total. The number of nitrogens with one attached hydrogen (secondary N) is 1. The van der Waals surface area contributed by atoms with E-state index in [1.54, 1.807) is 7.11 Å². The summed E-state index contributed by atoms with van der Waals surface area (Å²) in [6, 6.07) is 6.77. The molecule has 2 heteroatoms. The van der Waals surface area contributed by atoms with Crippen LogP contribution in [-0.2, 0) is 17.6 Å². The molecule has 16 heavy (non-hydrogen) atoms. The average Bonchev–Trinajstić information content (AvgIpc) is 2.74. The third-order valence-electron chi connectivity index (χ3n) is 3.20. The molecule has 0 radical (unpaired) electrons. The number of aryl methyl sites for hydroxylation is 2. The van der Waals surface area contributed by atoms with Crippen LogP contribution in [0.1, 0.15) is 24.5 Å². The molecule has 1 unspecified atom stereocenters. The lowest BCUT2D eigenvalue weighted by atomic mass is 10.1. The Hall–Kier alpha value is -1.02. The van der Waals surface area contributed by atoms with E-state index < -0.39 is 0 Å². The van der Waals surface area contributed by atoms with Crippen LogP contribution in [0.15, 0.2) is 18.2 Å². The minimum atomic E-state index is 0.554. The zero-order chi connectivity index (χ0) is 11.4. The van der Waals surface area contributed by atoms with Gasteiger partial charge in [0, 0.05) is 19.3 Å². The van der Waals surface area contributed by atoms with E-state index in [1.165, 1.54) is 36.1 Å². The van der Waals surface area contributed by atoms with Gasteiger partial charge in [-0.1, -0.05) is 13.0 Å². The third-order valence-corrected chi connectivity index (χ3v) is 3.20. The largest absolute Gasteiger partial charge is 0.385 e. The molecule has 1 aromatic rings. The zero-order valence-corrected chi connectivity index (χ0v) is 10.3. The molecule has 2 rings (SSSR count). The summed E-state index contributed by atoms with van der Waals surface area (Å²) in [5.41, 5.74) is 4.32. The topological polar surface area (TPSA) is 21.3 Å². The molecule has 0 fully saturated rings. The predicted octanol–water partition coefficient (Wildman–Crippen LogP) is 2.87. The van der Waals surface area contributed by atoms with E-state index in [0.29, 0.717) is 5.92 Å². The van der Waals surface area contributed by atoms with Crippen LogP contribution < -0.4 is 5.32 Å². The van der Waals surface area contributed by atoms with Gasteiger partial charge >= 0.3 is 0 Å². The van der Waals surface area contributed by atoms with Crippen molar-refractivity contribution in [3.05, 3.63) is 29.3 Å². The van der Waals surface area contributed by atoms with Gasteiger partial charge in [0.05, 0.1) is 6.61 Å². The fourth-order valence-electron chi connectivity index (χ4n) is 2.32. The smallest absolute Gasteiger partial charge is 0.0504 e. The molecule has 0 amide bonds. The Kier molecular flexibility index (Phi) is 3.83. The van der Waals surface area contributed by atoms with Crippen LogP contribution in [0.4, 0.5) is 5.69 Å². The highest BCUT2D eigenvalue weighted by Crippen LogP contribution is 2.24. The lowest BCUT2D eigenvalue weighted by molar-refractivity contribution is 0.164. The first-order valence-corrected chi connectivity index (χ1v) is 6.14. The van der Waals surface area contributed by atoms with Gasteiger partial charge in [0.25, 0.3) is 0 Å². The Bertz CT molecular complexity index is 349. The summed E-state index contributed by atoms with van der Waals surface area (Å²) in [4.78, 5) is 0. The van der Waals surface area contributed by atoms with Crippen LogP contribution in [0.25, 0.3) is 0 Å². The molecule has 1 N–H and O–H groups in total. The molecular weight excluding hydrogens is 198 g/mol. The number of hydrogen-bond acceptors (Lipinski definition) is 2. The molecule has 0 aliphatic heterocycles. The summed E-state index contributed by atoms with van der Waals surface area (Å²) in [6.07, 6.45) is 3.83. The fourth-order valence-corrected chi connectivity index (χ4v) is 2.32. The van der Waals surface area contributed by atoms with Crippen LogP contribution in [0.5, 0.6) is 0 Å². The normalized spacial score (nSPS) is 15.9. The Morgan fingerprint density at radius 1 is 1.31 bits per heavy atom. The number of methoxy groups -OCH3 is 1. The van der Waals surface area contributed by atoms with Crippen molar-refractivity contribution in [1.82, 2.24) is 0 Å². The maximum Gasteiger partial charge on any atom is 0.0504 e. The van der Waals surface area contributed by atoms with Crippen LogP contribution in [-0.4, -0.2) is 20.3 Å². The number of rotatable bonds is 5. The second-order valence-corrected chi connectivity index (χ2v) is 4.78. The van der Waals surface area contributed by atoms with E-state index in [-0.39, 0.29) is 0 Å². The van der Waals surface area contributed by atoms with Crippen molar-refractivity contribution in [3.8, 4) is 0 Å². The molecule has 88 valence electrons. The Labute approximate surface area is 98.0 Å². The quantitative estimate of drug-likeness (QED) is 0.822. The summed E-state index contributed by atoms with van der Waals surface area (Å²) in [5, 5.41) is 3.48. The van der Waals surface area contributed by atoms with Gasteiger partial charge in [-0.05, 0) is 48.4 Å². The van der Waals surface area contributed by atoms with Gasteiger partial charge in [0.1, 0.15) is 0 Å². The highest BCUT2D eigenvalue weighted by molar-refractivity contribution is 5.50. The highest BCUT2D eigenvalue weighted by Gasteiger charge is 2.10. The molecule has 0 heterocycles. The monoisotopic (exact) mass is 219 g/mol. The summed E-state index contributed by atoms with van der Waals surface area (Å²) in [5.74, 6) is 0.554. The standard InChI is InChI=1S/C14H21NO/c1-11(10-16-2)9-15-14-7-6-12-4-3-5-13(12)8-14/h6-8,11,15H,3-5,9-10H2,1-2H3. The first kappa shape index (κ1) is 11.5. The van der Waals surface area contributed by atoms with Crippen molar-refractivity contribution < 1.29 is 4.74 Å². The van der Waals surface area contributed by atoms with Crippen LogP contribution >= 0.6 is 0 Å². The molecule has 0 saturated carbocycles. The second-order valence-electron chi connectivity index (χ2n) is 4.78. The lowest BCUT2D eigenvalue weighted by Gasteiger charge is -2.13. The van der Waals surface area contributed by atoms with Crippen molar-refractivity contribution >= 4 is 5.69 Å². The van der Waals surface area contributed by atoms with E-state index in [4.69, 9.17) is 4.74 Å². The van der Waals surface area contributed by atoms with E-state index in [2.05, 4.69) is 30.4 Å². The third kappa shape index (κ3) is 2.76. The molecule has 1 aliphatic carbocycles. The minimum Gasteiger partial charge on any atom is -0.385 e. The van der Waals surface area contributed by atoms with E-state index in [9.17, 15) is 0 Å². The predicted molar refractivity (Wildman–Crippen MR) is 68.0 cm³/mol.